The van der Waals surface area contributed by atoms with Crippen LogP contribution >= 0.6 is 0 Å². The molecule has 5 nitrogen and oxygen atoms in total. The standard InChI is InChI=1S/C23H21F2N3O2/c1-3-12-29-21-10-9-16(13-26-21)22-15(2)27-23-20(8-5-11-28(22)23)30-14-17-18(24)6-4-7-19(17)25/h4-11,13H,3,12,14H2,1-2H3. The van der Waals surface area contributed by atoms with Crippen LogP contribution in [0.3, 0.4) is 0 Å². The Morgan fingerprint density at radius 3 is 2.50 bits per heavy atom. The van der Waals surface area contributed by atoms with Crippen molar-refractivity contribution in [2.75, 3.05) is 6.61 Å². The van der Waals surface area contributed by atoms with Crippen molar-refractivity contribution in [2.24, 2.45) is 0 Å². The van der Waals surface area contributed by atoms with Gasteiger partial charge >= 0.3 is 0 Å². The summed E-state index contributed by atoms with van der Waals surface area (Å²) in [5, 5.41) is 0. The summed E-state index contributed by atoms with van der Waals surface area (Å²) in [4.78, 5) is 8.97. The third-order valence-electron chi connectivity index (χ3n) is 4.69. The Labute approximate surface area is 172 Å². The first-order chi connectivity index (χ1) is 14.6. The summed E-state index contributed by atoms with van der Waals surface area (Å²) in [6, 6.07) is 11.0. The van der Waals surface area contributed by atoms with Crippen LogP contribution in [0, 0.1) is 18.6 Å². The minimum Gasteiger partial charge on any atom is -0.485 e. The molecule has 0 spiro atoms. The first kappa shape index (κ1) is 19.8. The van der Waals surface area contributed by atoms with Crippen molar-refractivity contribution >= 4 is 5.65 Å². The molecule has 0 amide bonds. The average molecular weight is 409 g/mol. The van der Waals surface area contributed by atoms with Gasteiger partial charge in [0.1, 0.15) is 18.2 Å². The van der Waals surface area contributed by atoms with Crippen LogP contribution in [0.15, 0.2) is 54.9 Å². The van der Waals surface area contributed by atoms with E-state index in [0.29, 0.717) is 23.9 Å². The minimum absolute atomic E-state index is 0.116. The van der Waals surface area contributed by atoms with Gasteiger partial charge in [0.25, 0.3) is 0 Å². The van der Waals surface area contributed by atoms with Crippen molar-refractivity contribution < 1.29 is 18.3 Å². The molecular formula is C23H21F2N3O2. The van der Waals surface area contributed by atoms with Gasteiger partial charge in [-0.3, -0.25) is 4.40 Å². The fourth-order valence-corrected chi connectivity index (χ4v) is 3.25. The molecule has 0 aliphatic heterocycles. The molecule has 0 bridgehead atoms. The van der Waals surface area contributed by atoms with Crippen molar-refractivity contribution in [1.82, 2.24) is 14.4 Å². The third kappa shape index (κ3) is 3.83. The van der Waals surface area contributed by atoms with Crippen LogP contribution in [0.1, 0.15) is 24.6 Å². The van der Waals surface area contributed by atoms with E-state index in [-0.39, 0.29) is 12.2 Å². The van der Waals surface area contributed by atoms with Gasteiger partial charge in [0.05, 0.1) is 23.6 Å². The van der Waals surface area contributed by atoms with Gasteiger partial charge < -0.3 is 9.47 Å². The number of pyridine rings is 2. The average Bonchev–Trinajstić information content (AvgIpc) is 3.09. The molecule has 0 aliphatic carbocycles. The molecule has 7 heteroatoms. The third-order valence-corrected chi connectivity index (χ3v) is 4.69. The van der Waals surface area contributed by atoms with Gasteiger partial charge in [-0.15, -0.1) is 0 Å². The Morgan fingerprint density at radius 2 is 1.80 bits per heavy atom. The number of rotatable bonds is 7. The van der Waals surface area contributed by atoms with Gasteiger partial charge in [-0.25, -0.2) is 18.7 Å². The van der Waals surface area contributed by atoms with Crippen molar-refractivity contribution in [3.8, 4) is 22.9 Å². The predicted octanol–water partition coefficient (Wildman–Crippen LogP) is 5.35. The molecule has 0 N–H and O–H groups in total. The van der Waals surface area contributed by atoms with Gasteiger partial charge in [0.15, 0.2) is 11.4 Å². The summed E-state index contributed by atoms with van der Waals surface area (Å²) < 4.78 is 41.0. The molecule has 0 saturated carbocycles. The molecule has 3 aromatic heterocycles. The van der Waals surface area contributed by atoms with E-state index >= 15 is 0 Å². The molecule has 4 rings (SSSR count). The Morgan fingerprint density at radius 1 is 1.00 bits per heavy atom. The van der Waals surface area contributed by atoms with Crippen LogP contribution in [-0.4, -0.2) is 21.0 Å². The van der Waals surface area contributed by atoms with Crippen LogP contribution < -0.4 is 9.47 Å². The smallest absolute Gasteiger partial charge is 0.213 e. The SMILES string of the molecule is CCCOc1ccc(-c2c(C)nc3c(OCc4c(F)cccc4F)cccn23)cn1. The zero-order valence-corrected chi connectivity index (χ0v) is 16.7. The van der Waals surface area contributed by atoms with Crippen LogP contribution in [0.4, 0.5) is 8.78 Å². The summed E-state index contributed by atoms with van der Waals surface area (Å²) in [5.41, 5.74) is 2.97. The lowest BCUT2D eigenvalue weighted by atomic mass is 10.2. The fraction of sp³-hybridized carbons (Fsp3) is 0.217. The molecule has 1 aromatic carbocycles. The second kappa shape index (κ2) is 8.49. The molecule has 0 saturated heterocycles. The highest BCUT2D eigenvalue weighted by atomic mass is 19.1. The topological polar surface area (TPSA) is 48.7 Å². The second-order valence-electron chi connectivity index (χ2n) is 6.83. The molecule has 0 fully saturated rings. The first-order valence-electron chi connectivity index (χ1n) is 9.71. The highest BCUT2D eigenvalue weighted by Gasteiger charge is 2.16. The molecule has 0 radical (unpaired) electrons. The monoisotopic (exact) mass is 409 g/mol. The number of nitrogens with zero attached hydrogens (tertiary/aromatic N) is 3. The molecule has 0 unspecified atom stereocenters. The summed E-state index contributed by atoms with van der Waals surface area (Å²) in [6.07, 6.45) is 4.52. The Kier molecular flexibility index (Phi) is 5.61. The van der Waals surface area contributed by atoms with Crippen molar-refractivity contribution in [1.29, 1.82) is 0 Å². The molecule has 30 heavy (non-hydrogen) atoms. The normalized spacial score (nSPS) is 11.1. The summed E-state index contributed by atoms with van der Waals surface area (Å²) in [5.74, 6) is -0.273. The number of halogens is 2. The number of ether oxygens (including phenoxy) is 2. The van der Waals surface area contributed by atoms with Gasteiger partial charge in [-0.2, -0.15) is 0 Å². The lowest BCUT2D eigenvalue weighted by molar-refractivity contribution is 0.294. The van der Waals surface area contributed by atoms with E-state index in [0.717, 1.165) is 23.4 Å². The zero-order valence-electron chi connectivity index (χ0n) is 16.7. The van der Waals surface area contributed by atoms with Crippen LogP contribution in [-0.2, 0) is 6.61 Å². The van der Waals surface area contributed by atoms with Crippen LogP contribution in [0.5, 0.6) is 11.6 Å². The fourth-order valence-electron chi connectivity index (χ4n) is 3.25. The van der Waals surface area contributed by atoms with E-state index in [1.165, 1.54) is 18.2 Å². The van der Waals surface area contributed by atoms with E-state index < -0.39 is 11.6 Å². The summed E-state index contributed by atoms with van der Waals surface area (Å²) in [6.45, 7) is 4.31. The van der Waals surface area contributed by atoms with E-state index in [2.05, 4.69) is 9.97 Å². The number of benzene rings is 1. The van der Waals surface area contributed by atoms with Gasteiger partial charge in [0, 0.05) is 24.0 Å². The zero-order chi connectivity index (χ0) is 21.1. The molecule has 4 aromatic rings. The van der Waals surface area contributed by atoms with Crippen molar-refractivity contribution in [3.05, 3.63) is 77.8 Å². The summed E-state index contributed by atoms with van der Waals surface area (Å²) in [7, 11) is 0. The number of fused-ring (bicyclic) bond motifs is 1. The van der Waals surface area contributed by atoms with Crippen molar-refractivity contribution in [3.63, 3.8) is 0 Å². The molecule has 0 aliphatic rings. The molecular weight excluding hydrogens is 388 g/mol. The minimum atomic E-state index is -0.640. The van der Waals surface area contributed by atoms with E-state index in [4.69, 9.17) is 9.47 Å². The Bertz CT molecular complexity index is 1150. The maximum absolute atomic E-state index is 13.9. The number of imidazole rings is 1. The van der Waals surface area contributed by atoms with Gasteiger partial charge in [-0.1, -0.05) is 13.0 Å². The van der Waals surface area contributed by atoms with E-state index in [1.807, 2.05) is 36.6 Å². The lowest BCUT2D eigenvalue weighted by Crippen LogP contribution is -2.03. The Hall–Kier alpha value is -3.48. The number of hydrogen-bond donors (Lipinski definition) is 0. The van der Waals surface area contributed by atoms with E-state index in [9.17, 15) is 8.78 Å². The van der Waals surface area contributed by atoms with Crippen LogP contribution in [0.2, 0.25) is 0 Å². The highest BCUT2D eigenvalue weighted by Crippen LogP contribution is 2.30. The molecule has 0 atom stereocenters. The number of aromatic nitrogens is 3. The molecule has 3 heterocycles. The first-order valence-corrected chi connectivity index (χ1v) is 9.71. The summed E-state index contributed by atoms with van der Waals surface area (Å²) >= 11 is 0. The highest BCUT2D eigenvalue weighted by molar-refractivity contribution is 5.69. The lowest BCUT2D eigenvalue weighted by Gasteiger charge is -2.10. The maximum Gasteiger partial charge on any atom is 0.213 e. The Balaban J connectivity index is 1.65. The molecule has 154 valence electrons. The number of aryl methyl sites for hydroxylation is 1. The van der Waals surface area contributed by atoms with Gasteiger partial charge in [0.2, 0.25) is 5.88 Å². The predicted molar refractivity (Wildman–Crippen MR) is 110 cm³/mol. The van der Waals surface area contributed by atoms with Crippen LogP contribution in [0.25, 0.3) is 16.9 Å². The largest absolute Gasteiger partial charge is 0.485 e. The quantitative estimate of drug-likeness (QED) is 0.413. The number of hydrogen-bond acceptors (Lipinski definition) is 4. The van der Waals surface area contributed by atoms with E-state index in [1.54, 1.807) is 18.3 Å². The second-order valence-corrected chi connectivity index (χ2v) is 6.83. The maximum atomic E-state index is 13.9. The van der Waals surface area contributed by atoms with Gasteiger partial charge in [-0.05, 0) is 43.7 Å². The van der Waals surface area contributed by atoms with Crippen molar-refractivity contribution in [2.45, 2.75) is 26.9 Å².